The fraction of sp³-hybridized carbons (Fsp3) is 0.667. The highest BCUT2D eigenvalue weighted by Crippen LogP contribution is 2.46. The number of amides is 1. The molecular formula is C24H35N3O5S. The number of ether oxygens (including phenoxy) is 1. The molecule has 0 aromatic heterocycles. The minimum Gasteiger partial charge on any atom is -0.469 e. The van der Waals surface area contributed by atoms with Crippen LogP contribution in [0.4, 0.5) is 0 Å². The van der Waals surface area contributed by atoms with Crippen molar-refractivity contribution < 1.29 is 22.7 Å². The van der Waals surface area contributed by atoms with Crippen LogP contribution in [0.3, 0.4) is 0 Å². The molecule has 1 aromatic carbocycles. The molecule has 8 nitrogen and oxygen atoms in total. The van der Waals surface area contributed by atoms with E-state index < -0.39 is 15.6 Å². The van der Waals surface area contributed by atoms with Gasteiger partial charge >= 0.3 is 5.97 Å². The van der Waals surface area contributed by atoms with Crippen LogP contribution in [0.2, 0.25) is 0 Å². The number of likely N-dealkylation sites (tertiary alicyclic amines) is 1. The largest absolute Gasteiger partial charge is 0.469 e. The van der Waals surface area contributed by atoms with Gasteiger partial charge < -0.3 is 9.64 Å². The summed E-state index contributed by atoms with van der Waals surface area (Å²) >= 11 is 0. The maximum absolute atomic E-state index is 12.6. The van der Waals surface area contributed by atoms with Crippen molar-refractivity contribution >= 4 is 21.9 Å². The smallest absolute Gasteiger partial charge is 0.307 e. The fourth-order valence-corrected chi connectivity index (χ4v) is 6.92. The second-order valence-corrected chi connectivity index (χ2v) is 11.9. The van der Waals surface area contributed by atoms with Crippen molar-refractivity contribution in [1.82, 2.24) is 14.1 Å². The van der Waals surface area contributed by atoms with E-state index in [0.29, 0.717) is 19.0 Å². The van der Waals surface area contributed by atoms with Gasteiger partial charge in [-0.15, -0.1) is 0 Å². The normalized spacial score (nSPS) is 25.8. The molecule has 0 bridgehead atoms. The molecular weight excluding hydrogens is 442 g/mol. The van der Waals surface area contributed by atoms with Crippen LogP contribution in [-0.2, 0) is 24.3 Å². The summed E-state index contributed by atoms with van der Waals surface area (Å²) < 4.78 is 31.0. The average molecular weight is 478 g/mol. The second-order valence-electron chi connectivity index (χ2n) is 9.61. The molecule has 1 amide bonds. The Kier molecular flexibility index (Phi) is 6.85. The summed E-state index contributed by atoms with van der Waals surface area (Å²) in [4.78, 5) is 29.1. The van der Waals surface area contributed by atoms with Gasteiger partial charge in [0.05, 0.1) is 24.8 Å². The van der Waals surface area contributed by atoms with Crippen LogP contribution < -0.4 is 0 Å². The number of methoxy groups -OCH3 is 1. The van der Waals surface area contributed by atoms with Crippen molar-refractivity contribution in [3.63, 3.8) is 0 Å². The van der Waals surface area contributed by atoms with Gasteiger partial charge in [0.2, 0.25) is 15.9 Å². The number of hydrogen-bond acceptors (Lipinski definition) is 6. The third-order valence-corrected chi connectivity index (χ3v) is 9.41. The lowest BCUT2D eigenvalue weighted by Crippen LogP contribution is -2.73. The SMILES string of the molecule is CCS(=O)(=O)N1CC(CC(=O)OC)(N2CCC(N(C(C)=O)[C@@H]3CC3c3ccccc3)CC2)C1. The second kappa shape index (κ2) is 9.35. The van der Waals surface area contributed by atoms with Crippen LogP contribution in [0.1, 0.15) is 51.0 Å². The highest BCUT2D eigenvalue weighted by Gasteiger charge is 2.54. The molecule has 1 aromatic rings. The van der Waals surface area contributed by atoms with Crippen LogP contribution >= 0.6 is 0 Å². The van der Waals surface area contributed by atoms with Gasteiger partial charge in [-0.2, -0.15) is 4.31 Å². The van der Waals surface area contributed by atoms with Crippen molar-refractivity contribution in [3.05, 3.63) is 35.9 Å². The lowest BCUT2D eigenvalue weighted by molar-refractivity contribution is -0.148. The number of esters is 1. The van der Waals surface area contributed by atoms with E-state index in [1.165, 1.54) is 17.0 Å². The molecule has 9 heteroatoms. The first-order valence-corrected chi connectivity index (χ1v) is 13.4. The van der Waals surface area contributed by atoms with Crippen LogP contribution in [0, 0.1) is 0 Å². The van der Waals surface area contributed by atoms with Crippen LogP contribution in [0.5, 0.6) is 0 Å². The van der Waals surface area contributed by atoms with E-state index in [1.54, 1.807) is 13.8 Å². The van der Waals surface area contributed by atoms with E-state index in [-0.39, 0.29) is 36.1 Å². The molecule has 2 saturated heterocycles. The summed E-state index contributed by atoms with van der Waals surface area (Å²) in [5, 5.41) is 0. The van der Waals surface area contributed by atoms with E-state index >= 15 is 0 Å². The quantitative estimate of drug-likeness (QED) is 0.531. The van der Waals surface area contributed by atoms with Gasteiger partial charge in [0, 0.05) is 51.1 Å². The summed E-state index contributed by atoms with van der Waals surface area (Å²) in [5.41, 5.74) is 0.767. The number of piperidine rings is 1. The first kappa shape index (κ1) is 24.2. The lowest BCUT2D eigenvalue weighted by Gasteiger charge is -2.56. The molecule has 2 heterocycles. The Morgan fingerprint density at radius 1 is 1.15 bits per heavy atom. The molecule has 0 N–H and O–H groups in total. The Morgan fingerprint density at radius 3 is 2.33 bits per heavy atom. The summed E-state index contributed by atoms with van der Waals surface area (Å²) in [6.45, 7) is 5.39. The zero-order chi connectivity index (χ0) is 23.8. The Labute approximate surface area is 196 Å². The monoisotopic (exact) mass is 477 g/mol. The number of nitrogens with zero attached hydrogens (tertiary/aromatic N) is 3. The van der Waals surface area contributed by atoms with Gasteiger partial charge in [0.25, 0.3) is 0 Å². The van der Waals surface area contributed by atoms with Crippen LogP contribution in [-0.4, -0.2) is 91.1 Å². The number of carbonyl (C=O) groups is 2. The summed E-state index contributed by atoms with van der Waals surface area (Å²) in [6.07, 6.45) is 2.82. The molecule has 33 heavy (non-hydrogen) atoms. The van der Waals surface area contributed by atoms with Crippen molar-refractivity contribution in [2.45, 2.75) is 63.1 Å². The number of benzene rings is 1. The standard InChI is InChI=1S/C24H35N3O5S/c1-4-33(30,31)26-16-24(17-26,15-23(29)32-3)25-12-10-20(11-13-25)27(18(2)28)22-14-21(22)19-8-6-5-7-9-19/h5-9,20-22H,4,10-17H2,1-3H3/t21?,22-/m1/s1. The number of sulfonamides is 1. The number of carbonyl (C=O) groups excluding carboxylic acids is 2. The Morgan fingerprint density at radius 2 is 1.79 bits per heavy atom. The zero-order valence-electron chi connectivity index (χ0n) is 19.8. The predicted octanol–water partition coefficient (Wildman–Crippen LogP) is 1.82. The topological polar surface area (TPSA) is 87.2 Å². The minimum atomic E-state index is -3.28. The van der Waals surface area contributed by atoms with Crippen molar-refractivity contribution in [3.8, 4) is 0 Å². The maximum Gasteiger partial charge on any atom is 0.307 e. The molecule has 0 radical (unpaired) electrons. The van der Waals surface area contributed by atoms with Crippen molar-refractivity contribution in [1.29, 1.82) is 0 Å². The maximum atomic E-state index is 12.6. The van der Waals surface area contributed by atoms with Gasteiger partial charge in [0.15, 0.2) is 0 Å². The molecule has 4 rings (SSSR count). The van der Waals surface area contributed by atoms with Crippen molar-refractivity contribution in [2.24, 2.45) is 0 Å². The van der Waals surface area contributed by atoms with Gasteiger partial charge in [-0.05, 0) is 31.7 Å². The predicted molar refractivity (Wildman–Crippen MR) is 125 cm³/mol. The third kappa shape index (κ3) is 4.81. The van der Waals surface area contributed by atoms with Crippen molar-refractivity contribution in [2.75, 3.05) is 39.0 Å². The summed E-state index contributed by atoms with van der Waals surface area (Å²) in [5.74, 6) is 0.254. The molecule has 3 fully saturated rings. The molecule has 2 atom stereocenters. The van der Waals surface area contributed by atoms with Crippen LogP contribution in [0.15, 0.2) is 30.3 Å². The number of rotatable bonds is 8. The third-order valence-electron chi connectivity index (χ3n) is 7.63. The molecule has 3 aliphatic rings. The Bertz CT molecular complexity index is 969. The highest BCUT2D eigenvalue weighted by atomic mass is 32.2. The van der Waals surface area contributed by atoms with E-state index in [9.17, 15) is 18.0 Å². The Balaban J connectivity index is 1.41. The number of hydrogen-bond donors (Lipinski definition) is 0. The average Bonchev–Trinajstić information content (AvgIpc) is 3.57. The first-order chi connectivity index (χ1) is 15.7. The molecule has 1 saturated carbocycles. The van der Waals surface area contributed by atoms with E-state index in [0.717, 1.165) is 32.4 Å². The molecule has 0 spiro atoms. The van der Waals surface area contributed by atoms with E-state index in [4.69, 9.17) is 4.74 Å². The van der Waals surface area contributed by atoms with Gasteiger partial charge in [-0.1, -0.05) is 30.3 Å². The lowest BCUT2D eigenvalue weighted by atomic mass is 9.84. The summed E-state index contributed by atoms with van der Waals surface area (Å²) in [6, 6.07) is 10.8. The first-order valence-electron chi connectivity index (χ1n) is 11.8. The molecule has 1 unspecified atom stereocenters. The van der Waals surface area contributed by atoms with E-state index in [1.807, 2.05) is 18.2 Å². The zero-order valence-corrected chi connectivity index (χ0v) is 20.6. The molecule has 182 valence electrons. The Hall–Kier alpha value is -1.97. The molecule has 1 aliphatic carbocycles. The minimum absolute atomic E-state index is 0.0565. The van der Waals surface area contributed by atoms with E-state index in [2.05, 4.69) is 21.9 Å². The summed E-state index contributed by atoms with van der Waals surface area (Å²) in [7, 11) is -1.92. The van der Waals surface area contributed by atoms with Gasteiger partial charge in [-0.25, -0.2) is 8.42 Å². The fourth-order valence-electron chi connectivity index (χ4n) is 5.68. The van der Waals surface area contributed by atoms with Gasteiger partial charge in [0.1, 0.15) is 0 Å². The molecule has 2 aliphatic heterocycles. The van der Waals surface area contributed by atoms with Crippen LogP contribution in [0.25, 0.3) is 0 Å². The highest BCUT2D eigenvalue weighted by molar-refractivity contribution is 7.89. The van der Waals surface area contributed by atoms with Gasteiger partial charge in [-0.3, -0.25) is 14.5 Å².